The highest BCUT2D eigenvalue weighted by Gasteiger charge is 2.35. The van der Waals surface area contributed by atoms with Crippen LogP contribution in [0.25, 0.3) is 22.2 Å². The van der Waals surface area contributed by atoms with Gasteiger partial charge in [0.15, 0.2) is 0 Å². The number of benzene rings is 2. The van der Waals surface area contributed by atoms with E-state index >= 15 is 0 Å². The molecule has 1 fully saturated rings. The average Bonchev–Trinajstić information content (AvgIpc) is 2.97. The molecule has 0 bridgehead atoms. The van der Waals surface area contributed by atoms with Gasteiger partial charge in [-0.2, -0.15) is 0 Å². The molecule has 1 aliphatic rings. The molecule has 128 valence electrons. The van der Waals surface area contributed by atoms with E-state index in [2.05, 4.69) is 22.4 Å². The molecule has 4 nitrogen and oxygen atoms in total. The smallest absolute Gasteiger partial charge is 0.227 e. The summed E-state index contributed by atoms with van der Waals surface area (Å²) >= 11 is 0. The number of rotatable bonds is 5. The summed E-state index contributed by atoms with van der Waals surface area (Å²) in [5, 5.41) is 4.21. The Labute approximate surface area is 147 Å². The third kappa shape index (κ3) is 3.05. The van der Waals surface area contributed by atoms with Crippen molar-refractivity contribution in [3.8, 4) is 11.3 Å². The Hall–Kier alpha value is -2.59. The highest BCUT2D eigenvalue weighted by molar-refractivity contribution is 6.08. The number of para-hydroxylation sites is 1. The largest absolute Gasteiger partial charge is 0.378 e. The van der Waals surface area contributed by atoms with Crippen LogP contribution in [-0.2, 0) is 9.53 Å². The first-order valence-electron chi connectivity index (χ1n) is 8.85. The summed E-state index contributed by atoms with van der Waals surface area (Å²) in [4.78, 5) is 16.1. The van der Waals surface area contributed by atoms with Crippen molar-refractivity contribution < 1.29 is 9.53 Å². The molecule has 0 atom stereocenters. The first-order valence-corrected chi connectivity index (χ1v) is 8.85. The van der Waals surface area contributed by atoms with Gasteiger partial charge in [-0.25, -0.2) is 0 Å². The zero-order chi connectivity index (χ0) is 17.2. The summed E-state index contributed by atoms with van der Waals surface area (Å²) in [5.41, 5.74) is 3.91. The first-order chi connectivity index (χ1) is 12.3. The Morgan fingerprint density at radius 2 is 1.84 bits per heavy atom. The zero-order valence-corrected chi connectivity index (χ0v) is 14.3. The van der Waals surface area contributed by atoms with E-state index in [1.54, 1.807) is 0 Å². The molecule has 1 aliphatic carbocycles. The summed E-state index contributed by atoms with van der Waals surface area (Å²) in [6, 6.07) is 18.2. The molecule has 0 unspecified atom stereocenters. The van der Waals surface area contributed by atoms with Gasteiger partial charge in [-0.3, -0.25) is 4.79 Å². The number of aromatic nitrogens is 1. The van der Waals surface area contributed by atoms with Gasteiger partial charge in [-0.05, 0) is 25.8 Å². The lowest BCUT2D eigenvalue weighted by molar-refractivity contribution is -0.128. The second-order valence-corrected chi connectivity index (χ2v) is 6.52. The summed E-state index contributed by atoms with van der Waals surface area (Å²) in [5.74, 6) is 0.117. The Balaban J connectivity index is 1.63. The molecule has 2 aromatic carbocycles. The van der Waals surface area contributed by atoms with E-state index in [1.165, 1.54) is 0 Å². The molecule has 0 spiro atoms. The summed E-state index contributed by atoms with van der Waals surface area (Å²) < 4.78 is 5.57. The van der Waals surface area contributed by atoms with Crippen LogP contribution in [0.15, 0.2) is 54.6 Å². The Morgan fingerprint density at radius 1 is 1.12 bits per heavy atom. The van der Waals surface area contributed by atoms with Gasteiger partial charge in [0.05, 0.1) is 17.5 Å². The molecule has 0 radical (unpaired) electrons. The normalized spacial score (nSPS) is 19.6. The Morgan fingerprint density at radius 3 is 2.60 bits per heavy atom. The van der Waals surface area contributed by atoms with Crippen LogP contribution in [0.1, 0.15) is 19.8 Å². The number of H-pyrrole nitrogens is 1. The maximum atomic E-state index is 12.7. The third-order valence-electron chi connectivity index (χ3n) is 4.88. The molecule has 2 N–H and O–H groups in total. The number of amides is 1. The molecular weight excluding hydrogens is 312 g/mol. The molecule has 1 saturated carbocycles. The van der Waals surface area contributed by atoms with Crippen LogP contribution in [0.3, 0.4) is 0 Å². The number of carbonyl (C=O) groups excluding carboxylic acids is 1. The number of hydrogen-bond donors (Lipinski definition) is 2. The second kappa shape index (κ2) is 6.73. The number of carbonyl (C=O) groups is 1. The van der Waals surface area contributed by atoms with Gasteiger partial charge in [-0.1, -0.05) is 48.5 Å². The van der Waals surface area contributed by atoms with Crippen molar-refractivity contribution in [2.45, 2.75) is 25.9 Å². The highest BCUT2D eigenvalue weighted by Crippen LogP contribution is 2.37. The van der Waals surface area contributed by atoms with Crippen LogP contribution in [0, 0.1) is 5.92 Å². The molecule has 3 aromatic rings. The van der Waals surface area contributed by atoms with Crippen LogP contribution in [0.4, 0.5) is 5.69 Å². The van der Waals surface area contributed by atoms with E-state index in [-0.39, 0.29) is 17.9 Å². The second-order valence-electron chi connectivity index (χ2n) is 6.52. The van der Waals surface area contributed by atoms with E-state index in [4.69, 9.17) is 4.74 Å². The van der Waals surface area contributed by atoms with Crippen molar-refractivity contribution in [1.82, 2.24) is 4.98 Å². The minimum atomic E-state index is 0.0360. The fraction of sp³-hybridized carbons (Fsp3) is 0.286. The van der Waals surface area contributed by atoms with Gasteiger partial charge < -0.3 is 15.0 Å². The SMILES string of the molecule is CCOC1CC(C(=O)Nc2c(-c3ccccc3)[nH]c3ccccc23)C1. The quantitative estimate of drug-likeness (QED) is 0.717. The van der Waals surface area contributed by atoms with Crippen LogP contribution in [0.5, 0.6) is 0 Å². The van der Waals surface area contributed by atoms with Crippen molar-refractivity contribution in [2.75, 3.05) is 11.9 Å². The van der Waals surface area contributed by atoms with E-state index in [1.807, 2.05) is 49.4 Å². The number of hydrogen-bond acceptors (Lipinski definition) is 2. The van der Waals surface area contributed by atoms with Crippen molar-refractivity contribution in [1.29, 1.82) is 0 Å². The minimum absolute atomic E-state index is 0.0360. The topological polar surface area (TPSA) is 54.1 Å². The minimum Gasteiger partial charge on any atom is -0.378 e. The maximum Gasteiger partial charge on any atom is 0.227 e. The Bertz CT molecular complexity index is 879. The molecular formula is C21H22N2O2. The summed E-state index contributed by atoms with van der Waals surface area (Å²) in [7, 11) is 0. The van der Waals surface area contributed by atoms with Gasteiger partial charge in [0, 0.05) is 29.0 Å². The summed E-state index contributed by atoms with van der Waals surface area (Å²) in [6.45, 7) is 2.70. The van der Waals surface area contributed by atoms with E-state index in [0.717, 1.165) is 40.7 Å². The highest BCUT2D eigenvalue weighted by atomic mass is 16.5. The van der Waals surface area contributed by atoms with Gasteiger partial charge in [0.2, 0.25) is 5.91 Å². The first kappa shape index (κ1) is 15.9. The fourth-order valence-corrected chi connectivity index (χ4v) is 3.47. The number of ether oxygens (including phenoxy) is 1. The number of nitrogens with one attached hydrogen (secondary N) is 2. The van der Waals surface area contributed by atoms with E-state index < -0.39 is 0 Å². The van der Waals surface area contributed by atoms with Gasteiger partial charge in [0.1, 0.15) is 0 Å². The lowest BCUT2D eigenvalue weighted by Crippen LogP contribution is -2.39. The lowest BCUT2D eigenvalue weighted by atomic mass is 9.81. The van der Waals surface area contributed by atoms with Crippen molar-refractivity contribution >= 4 is 22.5 Å². The van der Waals surface area contributed by atoms with E-state index in [0.29, 0.717) is 6.61 Å². The molecule has 4 rings (SSSR count). The molecule has 4 heteroatoms. The third-order valence-corrected chi connectivity index (χ3v) is 4.88. The number of anilines is 1. The molecule has 0 aliphatic heterocycles. The van der Waals surface area contributed by atoms with Crippen molar-refractivity contribution in [2.24, 2.45) is 5.92 Å². The molecule has 25 heavy (non-hydrogen) atoms. The fourth-order valence-electron chi connectivity index (χ4n) is 3.47. The molecule has 0 saturated heterocycles. The summed E-state index contributed by atoms with van der Waals surface area (Å²) in [6.07, 6.45) is 1.85. The standard InChI is InChI=1S/C21H22N2O2/c1-2-25-16-12-15(13-16)21(24)23-20-17-10-6-7-11-18(17)22-19(20)14-8-4-3-5-9-14/h3-11,15-16,22H,2,12-13H2,1H3,(H,23,24). The van der Waals surface area contributed by atoms with Gasteiger partial charge in [-0.15, -0.1) is 0 Å². The van der Waals surface area contributed by atoms with Crippen LogP contribution >= 0.6 is 0 Å². The predicted octanol–water partition coefficient (Wildman–Crippen LogP) is 4.59. The predicted molar refractivity (Wildman–Crippen MR) is 101 cm³/mol. The zero-order valence-electron chi connectivity index (χ0n) is 14.3. The average molecular weight is 334 g/mol. The Kier molecular flexibility index (Phi) is 4.28. The maximum absolute atomic E-state index is 12.7. The monoisotopic (exact) mass is 334 g/mol. The number of aromatic amines is 1. The van der Waals surface area contributed by atoms with Gasteiger partial charge in [0.25, 0.3) is 0 Å². The van der Waals surface area contributed by atoms with Crippen LogP contribution in [-0.4, -0.2) is 23.6 Å². The van der Waals surface area contributed by atoms with Crippen molar-refractivity contribution in [3.63, 3.8) is 0 Å². The lowest BCUT2D eigenvalue weighted by Gasteiger charge is -2.33. The number of fused-ring (bicyclic) bond motifs is 1. The molecule has 1 amide bonds. The van der Waals surface area contributed by atoms with Gasteiger partial charge >= 0.3 is 0 Å². The molecule has 1 heterocycles. The van der Waals surface area contributed by atoms with Crippen LogP contribution < -0.4 is 5.32 Å². The van der Waals surface area contributed by atoms with Crippen molar-refractivity contribution in [3.05, 3.63) is 54.6 Å². The van der Waals surface area contributed by atoms with E-state index in [9.17, 15) is 4.79 Å². The molecule has 1 aromatic heterocycles. The van der Waals surface area contributed by atoms with Crippen LogP contribution in [0.2, 0.25) is 0 Å².